The molecule has 5 nitrogen and oxygen atoms in total. The Kier molecular flexibility index (Phi) is 1.85. The van der Waals surface area contributed by atoms with E-state index in [9.17, 15) is 0 Å². The molecule has 1 aromatic heterocycles. The van der Waals surface area contributed by atoms with E-state index in [1.54, 1.807) is 6.92 Å². The highest BCUT2D eigenvalue weighted by Gasteiger charge is 2.31. The molecular formula is C8H14N4O. The van der Waals surface area contributed by atoms with Crippen LogP contribution in [0.4, 0.5) is 0 Å². The molecule has 72 valence electrons. The molecule has 1 unspecified atom stereocenters. The normalized spacial score (nSPS) is 21.5. The van der Waals surface area contributed by atoms with Crippen molar-refractivity contribution in [3.63, 3.8) is 0 Å². The Morgan fingerprint density at radius 1 is 1.69 bits per heavy atom. The van der Waals surface area contributed by atoms with Crippen LogP contribution in [0.2, 0.25) is 0 Å². The Balaban J connectivity index is 2.20. The van der Waals surface area contributed by atoms with Crippen LogP contribution in [0.3, 0.4) is 0 Å². The molecule has 1 saturated carbocycles. The summed E-state index contributed by atoms with van der Waals surface area (Å²) in [4.78, 5) is 4.26. The second kappa shape index (κ2) is 2.78. The number of aliphatic hydroxyl groups excluding tert-OH is 1. The highest BCUT2D eigenvalue weighted by molar-refractivity contribution is 5.09. The summed E-state index contributed by atoms with van der Waals surface area (Å²) >= 11 is 0. The third kappa shape index (κ3) is 1.57. The summed E-state index contributed by atoms with van der Waals surface area (Å²) in [5, 5.41) is 15.8. The van der Waals surface area contributed by atoms with E-state index in [4.69, 9.17) is 10.8 Å². The zero-order valence-electron chi connectivity index (χ0n) is 7.62. The fraction of sp³-hybridized carbons (Fsp3) is 0.750. The largest absolute Gasteiger partial charge is 0.394 e. The first kappa shape index (κ1) is 8.65. The molecule has 1 fully saturated rings. The standard InChI is InChI=1S/C8H14N4O/c1-8(9,4-13)7-10-6(11-12-7)5-2-3-5/h5,13H,2-4,9H2,1H3,(H,10,11,12). The molecule has 0 aliphatic heterocycles. The lowest BCUT2D eigenvalue weighted by molar-refractivity contribution is 0.203. The van der Waals surface area contributed by atoms with Gasteiger partial charge in [-0.3, -0.25) is 5.10 Å². The fourth-order valence-corrected chi connectivity index (χ4v) is 1.14. The zero-order chi connectivity index (χ0) is 9.47. The van der Waals surface area contributed by atoms with Crippen LogP contribution in [0, 0.1) is 0 Å². The van der Waals surface area contributed by atoms with Crippen molar-refractivity contribution >= 4 is 0 Å². The average Bonchev–Trinajstić information content (AvgIpc) is 2.83. The Morgan fingerprint density at radius 3 is 2.92 bits per heavy atom. The van der Waals surface area contributed by atoms with Crippen molar-refractivity contribution in [3.05, 3.63) is 11.6 Å². The van der Waals surface area contributed by atoms with Crippen molar-refractivity contribution in [2.24, 2.45) is 5.73 Å². The highest BCUT2D eigenvalue weighted by atomic mass is 16.3. The Hall–Kier alpha value is -0.940. The van der Waals surface area contributed by atoms with Crippen LogP contribution >= 0.6 is 0 Å². The van der Waals surface area contributed by atoms with Crippen molar-refractivity contribution in [2.45, 2.75) is 31.2 Å². The SMILES string of the molecule is CC(N)(CO)c1n[nH]c(C2CC2)n1. The molecule has 1 aliphatic rings. The van der Waals surface area contributed by atoms with Crippen LogP contribution < -0.4 is 5.73 Å². The second-order valence-electron chi connectivity index (χ2n) is 3.89. The van der Waals surface area contributed by atoms with Gasteiger partial charge in [-0.25, -0.2) is 4.98 Å². The molecular weight excluding hydrogens is 168 g/mol. The Bertz CT molecular complexity index is 303. The van der Waals surface area contributed by atoms with Gasteiger partial charge in [-0.05, 0) is 19.8 Å². The van der Waals surface area contributed by atoms with Gasteiger partial charge in [0.15, 0.2) is 5.82 Å². The smallest absolute Gasteiger partial charge is 0.172 e. The number of aromatic nitrogens is 3. The van der Waals surface area contributed by atoms with Crippen molar-refractivity contribution in [3.8, 4) is 0 Å². The zero-order valence-corrected chi connectivity index (χ0v) is 7.62. The van der Waals surface area contributed by atoms with Crippen molar-refractivity contribution in [1.82, 2.24) is 15.2 Å². The van der Waals surface area contributed by atoms with E-state index in [0.717, 1.165) is 5.82 Å². The number of hydrogen-bond donors (Lipinski definition) is 3. The van der Waals surface area contributed by atoms with Gasteiger partial charge >= 0.3 is 0 Å². The molecule has 1 heterocycles. The monoisotopic (exact) mass is 182 g/mol. The van der Waals surface area contributed by atoms with Crippen LogP contribution in [-0.4, -0.2) is 26.9 Å². The van der Waals surface area contributed by atoms with Crippen LogP contribution in [-0.2, 0) is 5.54 Å². The molecule has 0 spiro atoms. The van der Waals surface area contributed by atoms with Gasteiger partial charge < -0.3 is 10.8 Å². The first-order valence-corrected chi connectivity index (χ1v) is 4.46. The third-order valence-electron chi connectivity index (χ3n) is 2.31. The number of H-pyrrole nitrogens is 1. The number of rotatable bonds is 3. The molecule has 1 aromatic rings. The third-order valence-corrected chi connectivity index (χ3v) is 2.31. The number of aromatic amines is 1. The van der Waals surface area contributed by atoms with Gasteiger partial charge in [-0.15, -0.1) is 0 Å². The Labute approximate surface area is 76.4 Å². The maximum absolute atomic E-state index is 8.99. The van der Waals surface area contributed by atoms with Crippen LogP contribution in [0.25, 0.3) is 0 Å². The molecule has 0 radical (unpaired) electrons. The van der Waals surface area contributed by atoms with E-state index in [0.29, 0.717) is 11.7 Å². The molecule has 13 heavy (non-hydrogen) atoms. The molecule has 0 aromatic carbocycles. The number of nitrogens with one attached hydrogen (secondary N) is 1. The van der Waals surface area contributed by atoms with Gasteiger partial charge in [0.05, 0.1) is 12.1 Å². The average molecular weight is 182 g/mol. The van der Waals surface area contributed by atoms with E-state index in [1.807, 2.05) is 0 Å². The maximum atomic E-state index is 8.99. The summed E-state index contributed by atoms with van der Waals surface area (Å²) in [5.74, 6) is 1.94. The van der Waals surface area contributed by atoms with E-state index >= 15 is 0 Å². The summed E-state index contributed by atoms with van der Waals surface area (Å²) in [6.07, 6.45) is 2.35. The molecule has 2 rings (SSSR count). The topological polar surface area (TPSA) is 87.8 Å². The fourth-order valence-electron chi connectivity index (χ4n) is 1.14. The molecule has 0 bridgehead atoms. The minimum atomic E-state index is -0.830. The van der Waals surface area contributed by atoms with Crippen molar-refractivity contribution in [1.29, 1.82) is 0 Å². The molecule has 0 amide bonds. The van der Waals surface area contributed by atoms with Crippen molar-refractivity contribution < 1.29 is 5.11 Å². The predicted octanol–water partition coefficient (Wildman–Crippen LogP) is -0.152. The predicted molar refractivity (Wildman–Crippen MR) is 47.0 cm³/mol. The van der Waals surface area contributed by atoms with Crippen molar-refractivity contribution in [2.75, 3.05) is 6.61 Å². The minimum Gasteiger partial charge on any atom is -0.394 e. The van der Waals surface area contributed by atoms with Gasteiger partial charge in [0.1, 0.15) is 5.82 Å². The first-order valence-electron chi connectivity index (χ1n) is 4.46. The number of nitrogens with two attached hydrogens (primary N) is 1. The summed E-state index contributed by atoms with van der Waals surface area (Å²) in [5.41, 5.74) is 4.95. The number of aliphatic hydroxyl groups is 1. The first-order chi connectivity index (χ1) is 6.13. The maximum Gasteiger partial charge on any atom is 0.172 e. The number of nitrogens with zero attached hydrogens (tertiary/aromatic N) is 2. The molecule has 4 N–H and O–H groups in total. The molecule has 1 aliphatic carbocycles. The molecule has 1 atom stereocenters. The summed E-state index contributed by atoms with van der Waals surface area (Å²) in [7, 11) is 0. The van der Waals surface area contributed by atoms with E-state index in [1.165, 1.54) is 12.8 Å². The van der Waals surface area contributed by atoms with Gasteiger partial charge in [-0.1, -0.05) is 0 Å². The summed E-state index contributed by atoms with van der Waals surface area (Å²) in [6.45, 7) is 1.57. The van der Waals surface area contributed by atoms with E-state index in [-0.39, 0.29) is 6.61 Å². The van der Waals surface area contributed by atoms with E-state index < -0.39 is 5.54 Å². The quantitative estimate of drug-likeness (QED) is 0.606. The molecule has 5 heteroatoms. The van der Waals surface area contributed by atoms with Gasteiger partial charge in [0.2, 0.25) is 0 Å². The Morgan fingerprint density at radius 2 is 2.38 bits per heavy atom. The van der Waals surface area contributed by atoms with Gasteiger partial charge in [0, 0.05) is 5.92 Å². The van der Waals surface area contributed by atoms with E-state index in [2.05, 4.69) is 15.2 Å². The lowest BCUT2D eigenvalue weighted by Gasteiger charge is -2.16. The number of hydrogen-bond acceptors (Lipinski definition) is 4. The lowest BCUT2D eigenvalue weighted by Crippen LogP contribution is -2.38. The van der Waals surface area contributed by atoms with Gasteiger partial charge in [-0.2, -0.15) is 5.10 Å². The van der Waals surface area contributed by atoms with Crippen LogP contribution in [0.15, 0.2) is 0 Å². The molecule has 0 saturated heterocycles. The van der Waals surface area contributed by atoms with Crippen LogP contribution in [0.5, 0.6) is 0 Å². The van der Waals surface area contributed by atoms with Crippen LogP contribution in [0.1, 0.15) is 37.3 Å². The highest BCUT2D eigenvalue weighted by Crippen LogP contribution is 2.38. The van der Waals surface area contributed by atoms with Gasteiger partial charge in [0.25, 0.3) is 0 Å². The summed E-state index contributed by atoms with van der Waals surface area (Å²) < 4.78 is 0. The lowest BCUT2D eigenvalue weighted by atomic mass is 10.1. The second-order valence-corrected chi connectivity index (χ2v) is 3.89. The minimum absolute atomic E-state index is 0.144. The summed E-state index contributed by atoms with van der Waals surface area (Å²) in [6, 6.07) is 0.